The van der Waals surface area contributed by atoms with Crippen molar-refractivity contribution in [3.63, 3.8) is 0 Å². The summed E-state index contributed by atoms with van der Waals surface area (Å²) in [6, 6.07) is 0. The van der Waals surface area contributed by atoms with Gasteiger partial charge in [0.25, 0.3) is 0 Å². The van der Waals surface area contributed by atoms with E-state index in [1.165, 1.54) is 0 Å². The van der Waals surface area contributed by atoms with Crippen LogP contribution < -0.4 is 5.48 Å². The van der Waals surface area contributed by atoms with Gasteiger partial charge >= 0.3 is 6.09 Å². The highest BCUT2D eigenvalue weighted by Gasteiger charge is 2.15. The Labute approximate surface area is 109 Å². The van der Waals surface area contributed by atoms with Crippen LogP contribution in [-0.2, 0) is 14.4 Å². The van der Waals surface area contributed by atoms with E-state index >= 15 is 0 Å². The second-order valence-electron chi connectivity index (χ2n) is 5.32. The predicted octanol–water partition coefficient (Wildman–Crippen LogP) is 2.98. The molecule has 0 atom stereocenters. The van der Waals surface area contributed by atoms with E-state index in [0.29, 0.717) is 13.0 Å². The zero-order valence-corrected chi connectivity index (χ0v) is 11.9. The van der Waals surface area contributed by atoms with Crippen LogP contribution in [0.5, 0.6) is 0 Å². The first kappa shape index (κ1) is 16.9. The number of rotatable bonds is 8. The van der Waals surface area contributed by atoms with Crippen LogP contribution in [0.4, 0.5) is 4.79 Å². The molecule has 0 bridgehead atoms. The molecule has 0 heterocycles. The number of nitrogens with one attached hydrogen (secondary N) is 1. The number of carbonyl (C=O) groups excluding carboxylic acids is 2. The Morgan fingerprint density at radius 1 is 1.06 bits per heavy atom. The summed E-state index contributed by atoms with van der Waals surface area (Å²) in [6.07, 6.45) is 3.86. The van der Waals surface area contributed by atoms with Gasteiger partial charge in [0.2, 0.25) is 0 Å². The average Bonchev–Trinajstić information content (AvgIpc) is 2.18. The molecular weight excluding hydrogens is 234 g/mol. The number of ether oxygens (including phenoxy) is 1. The Bertz CT molecular complexity index is 258. The summed E-state index contributed by atoms with van der Waals surface area (Å²) in [5.41, 5.74) is 1.72. The third kappa shape index (κ3) is 13.0. The Morgan fingerprint density at radius 3 is 2.22 bits per heavy atom. The Kier molecular flexibility index (Phi) is 8.37. The topological polar surface area (TPSA) is 64.6 Å². The molecule has 5 heteroatoms. The van der Waals surface area contributed by atoms with Crippen LogP contribution in [0.3, 0.4) is 0 Å². The highest BCUT2D eigenvalue weighted by atomic mass is 16.7. The van der Waals surface area contributed by atoms with Crippen LogP contribution >= 0.6 is 0 Å². The molecule has 1 amide bonds. The zero-order chi connectivity index (χ0) is 14.0. The van der Waals surface area contributed by atoms with Gasteiger partial charge in [-0.05, 0) is 40.5 Å². The molecule has 0 aromatic carbocycles. The fraction of sp³-hybridized carbons (Fsp3) is 0.846. The number of Topliss-reactive ketones (excluding diaryl/α,β-unsaturated/α-hetero) is 1. The van der Waals surface area contributed by atoms with Crippen molar-refractivity contribution >= 4 is 11.9 Å². The summed E-state index contributed by atoms with van der Waals surface area (Å²) in [5, 5.41) is 0. The zero-order valence-electron chi connectivity index (χ0n) is 11.9. The number of amides is 1. The molecule has 0 rings (SSSR count). The minimum atomic E-state index is -0.570. The van der Waals surface area contributed by atoms with Gasteiger partial charge in [-0.2, -0.15) is 5.48 Å². The molecule has 0 aliphatic heterocycles. The lowest BCUT2D eigenvalue weighted by Crippen LogP contribution is -2.32. The molecule has 0 radical (unpaired) electrons. The number of ketones is 1. The lowest BCUT2D eigenvalue weighted by atomic mass is 10.1. The van der Waals surface area contributed by atoms with Gasteiger partial charge in [0.05, 0.1) is 6.61 Å². The molecule has 5 nitrogen and oxygen atoms in total. The van der Waals surface area contributed by atoms with E-state index in [9.17, 15) is 9.59 Å². The molecule has 0 aromatic heterocycles. The van der Waals surface area contributed by atoms with Crippen molar-refractivity contribution in [2.24, 2.45) is 0 Å². The Morgan fingerprint density at radius 2 is 1.67 bits per heavy atom. The number of hydroxylamine groups is 1. The molecule has 0 saturated carbocycles. The van der Waals surface area contributed by atoms with Gasteiger partial charge < -0.3 is 9.53 Å². The molecule has 0 unspecified atom stereocenters. The molecule has 0 aliphatic rings. The van der Waals surface area contributed by atoms with Crippen molar-refractivity contribution in [2.75, 3.05) is 6.61 Å². The summed E-state index contributed by atoms with van der Waals surface area (Å²) in [6.45, 7) is 7.44. The van der Waals surface area contributed by atoms with Crippen LogP contribution in [-0.4, -0.2) is 24.1 Å². The van der Waals surface area contributed by atoms with Crippen molar-refractivity contribution in [1.82, 2.24) is 5.48 Å². The summed E-state index contributed by atoms with van der Waals surface area (Å²) >= 11 is 0. The standard InChI is InChI=1S/C13H25NO4/c1-11(15)9-7-5-6-8-10-17-14-12(16)18-13(2,3)4/h5-10H2,1-4H3,(H,14,16). The minimum Gasteiger partial charge on any atom is -0.442 e. The third-order valence-electron chi connectivity index (χ3n) is 2.08. The van der Waals surface area contributed by atoms with Crippen LogP contribution in [0.25, 0.3) is 0 Å². The predicted molar refractivity (Wildman–Crippen MR) is 69.1 cm³/mol. The number of hydrogen-bond acceptors (Lipinski definition) is 4. The molecule has 1 N–H and O–H groups in total. The summed E-state index contributed by atoms with van der Waals surface area (Å²) < 4.78 is 5.00. The molecule has 106 valence electrons. The number of unbranched alkanes of at least 4 members (excludes halogenated alkanes) is 3. The first-order chi connectivity index (χ1) is 8.31. The van der Waals surface area contributed by atoms with E-state index in [1.54, 1.807) is 27.7 Å². The third-order valence-corrected chi connectivity index (χ3v) is 2.08. The highest BCUT2D eigenvalue weighted by molar-refractivity contribution is 5.75. The maximum Gasteiger partial charge on any atom is 0.431 e. The molecule has 0 saturated heterocycles. The fourth-order valence-electron chi connectivity index (χ4n) is 1.31. The summed E-state index contributed by atoms with van der Waals surface area (Å²) in [4.78, 5) is 26.8. The Hall–Kier alpha value is -1.10. The van der Waals surface area contributed by atoms with Gasteiger partial charge in [0, 0.05) is 6.42 Å². The lowest BCUT2D eigenvalue weighted by molar-refractivity contribution is -0.117. The van der Waals surface area contributed by atoms with Crippen LogP contribution in [0, 0.1) is 0 Å². The van der Waals surface area contributed by atoms with E-state index < -0.39 is 11.7 Å². The van der Waals surface area contributed by atoms with Crippen molar-refractivity contribution in [3.05, 3.63) is 0 Å². The largest absolute Gasteiger partial charge is 0.442 e. The maximum absolute atomic E-state index is 11.2. The molecule has 0 spiro atoms. The quantitative estimate of drug-likeness (QED) is 0.537. The van der Waals surface area contributed by atoms with Crippen molar-refractivity contribution in [3.8, 4) is 0 Å². The molecule has 18 heavy (non-hydrogen) atoms. The second-order valence-corrected chi connectivity index (χ2v) is 5.32. The second kappa shape index (κ2) is 8.91. The van der Waals surface area contributed by atoms with E-state index in [0.717, 1.165) is 25.7 Å². The fourth-order valence-corrected chi connectivity index (χ4v) is 1.31. The normalized spacial score (nSPS) is 11.1. The van der Waals surface area contributed by atoms with E-state index in [4.69, 9.17) is 9.57 Å². The molecular formula is C13H25NO4. The number of carbonyl (C=O) groups is 2. The SMILES string of the molecule is CC(=O)CCCCCCONC(=O)OC(C)(C)C. The Balaban J connectivity index is 3.30. The van der Waals surface area contributed by atoms with Crippen LogP contribution in [0.15, 0.2) is 0 Å². The number of hydrogen-bond donors (Lipinski definition) is 1. The molecule has 0 fully saturated rings. The lowest BCUT2D eigenvalue weighted by Gasteiger charge is -2.19. The molecule has 0 aliphatic carbocycles. The van der Waals surface area contributed by atoms with E-state index in [2.05, 4.69) is 5.48 Å². The van der Waals surface area contributed by atoms with Crippen molar-refractivity contribution in [2.45, 2.75) is 65.4 Å². The van der Waals surface area contributed by atoms with Crippen molar-refractivity contribution < 1.29 is 19.2 Å². The van der Waals surface area contributed by atoms with Crippen molar-refractivity contribution in [1.29, 1.82) is 0 Å². The van der Waals surface area contributed by atoms with E-state index in [1.807, 2.05) is 0 Å². The summed E-state index contributed by atoms with van der Waals surface area (Å²) in [7, 11) is 0. The first-order valence-electron chi connectivity index (χ1n) is 6.41. The van der Waals surface area contributed by atoms with Gasteiger partial charge in [-0.3, -0.25) is 4.84 Å². The highest BCUT2D eigenvalue weighted by Crippen LogP contribution is 2.06. The summed E-state index contributed by atoms with van der Waals surface area (Å²) in [5.74, 6) is 0.234. The van der Waals surface area contributed by atoms with Gasteiger partial charge in [-0.15, -0.1) is 0 Å². The van der Waals surface area contributed by atoms with Gasteiger partial charge in [-0.25, -0.2) is 4.79 Å². The van der Waals surface area contributed by atoms with Gasteiger partial charge in [-0.1, -0.05) is 12.8 Å². The van der Waals surface area contributed by atoms with Crippen LogP contribution in [0.2, 0.25) is 0 Å². The van der Waals surface area contributed by atoms with Gasteiger partial charge in [0.1, 0.15) is 11.4 Å². The van der Waals surface area contributed by atoms with E-state index in [-0.39, 0.29) is 5.78 Å². The maximum atomic E-state index is 11.2. The van der Waals surface area contributed by atoms with Gasteiger partial charge in [0.15, 0.2) is 0 Å². The molecule has 0 aromatic rings. The monoisotopic (exact) mass is 259 g/mol. The van der Waals surface area contributed by atoms with Crippen LogP contribution in [0.1, 0.15) is 59.8 Å². The smallest absolute Gasteiger partial charge is 0.431 e. The average molecular weight is 259 g/mol. The first-order valence-corrected chi connectivity index (χ1v) is 6.41. The minimum absolute atomic E-state index is 0.234.